The number of carboxylic acid groups (broad SMARTS) is 1. The van der Waals surface area contributed by atoms with Crippen molar-refractivity contribution in [1.82, 2.24) is 0 Å². The molecule has 26 heavy (non-hydrogen) atoms. The third kappa shape index (κ3) is 8.82. The van der Waals surface area contributed by atoms with E-state index in [1.165, 1.54) is 16.7 Å². The molecule has 0 heterocycles. The van der Waals surface area contributed by atoms with Crippen LogP contribution in [0.25, 0.3) is 0 Å². The summed E-state index contributed by atoms with van der Waals surface area (Å²) in [5, 5.41) is 10.9. The first-order chi connectivity index (χ1) is 12.3. The summed E-state index contributed by atoms with van der Waals surface area (Å²) in [7, 11) is 1.59. The van der Waals surface area contributed by atoms with E-state index in [1.54, 1.807) is 7.11 Å². The number of aliphatic carboxylic acids is 1. The highest BCUT2D eigenvalue weighted by molar-refractivity contribution is 5.80. The Morgan fingerprint density at radius 1 is 1.19 bits per heavy atom. The number of hydrogen-bond donors (Lipinski definition) is 3. The molecule has 4 N–H and O–H groups in total. The molecule has 7 nitrogen and oxygen atoms in total. The fourth-order valence-corrected chi connectivity index (χ4v) is 2.31. The molecule has 148 valence electrons. The summed E-state index contributed by atoms with van der Waals surface area (Å²) in [6.07, 6.45) is 1.87. The number of ether oxygens (including phenoxy) is 2. The Hall–Kier alpha value is -2.12. The van der Waals surface area contributed by atoms with Crippen molar-refractivity contribution in [3.05, 3.63) is 28.8 Å². The van der Waals surface area contributed by atoms with Gasteiger partial charge in [0, 0.05) is 12.8 Å². The van der Waals surface area contributed by atoms with Crippen molar-refractivity contribution in [2.45, 2.75) is 46.6 Å². The van der Waals surface area contributed by atoms with Crippen LogP contribution in [0.2, 0.25) is 0 Å². The third-order valence-corrected chi connectivity index (χ3v) is 3.63. The van der Waals surface area contributed by atoms with Gasteiger partial charge in [-0.05, 0) is 37.8 Å². The molecular weight excluding hydrogens is 336 g/mol. The Morgan fingerprint density at radius 3 is 2.08 bits per heavy atom. The van der Waals surface area contributed by atoms with Crippen LogP contribution in [0.5, 0.6) is 0 Å². The number of esters is 1. The molecule has 0 aromatic heterocycles. The van der Waals surface area contributed by atoms with Crippen molar-refractivity contribution in [2.75, 3.05) is 32.2 Å². The van der Waals surface area contributed by atoms with E-state index in [0.29, 0.717) is 6.61 Å². The van der Waals surface area contributed by atoms with Crippen LogP contribution in [0.1, 0.15) is 37.5 Å². The predicted octanol–water partition coefficient (Wildman–Crippen LogP) is 2.14. The second kappa shape index (κ2) is 13.1. The first kappa shape index (κ1) is 23.9. The van der Waals surface area contributed by atoms with Crippen molar-refractivity contribution in [2.24, 2.45) is 5.73 Å². The molecule has 0 saturated carbocycles. The molecule has 0 bridgehead atoms. The number of benzene rings is 1. The Morgan fingerprint density at radius 2 is 1.69 bits per heavy atom. The number of carboxylic acids is 1. The number of carbonyl (C=O) groups excluding carboxylic acids is 1. The number of hydrogen-bond acceptors (Lipinski definition) is 6. The first-order valence-corrected chi connectivity index (χ1v) is 8.76. The SMILES string of the molecule is CCc1cc(C)cc(CC)c1N[C@@H](C)C(=O)OCCOC.NCC(=O)O. The largest absolute Gasteiger partial charge is 0.480 e. The van der Waals surface area contributed by atoms with Crippen molar-refractivity contribution < 1.29 is 24.2 Å². The second-order valence-corrected chi connectivity index (χ2v) is 5.79. The molecule has 0 aliphatic rings. The van der Waals surface area contributed by atoms with E-state index in [-0.39, 0.29) is 25.2 Å². The summed E-state index contributed by atoms with van der Waals surface area (Å²) in [6.45, 7) is 8.61. The van der Waals surface area contributed by atoms with Crippen LogP contribution in [0, 0.1) is 6.92 Å². The molecule has 1 aromatic carbocycles. The van der Waals surface area contributed by atoms with Gasteiger partial charge < -0.3 is 25.6 Å². The number of methoxy groups -OCH3 is 1. The Labute approximate surface area is 155 Å². The van der Waals surface area contributed by atoms with Crippen molar-refractivity contribution in [1.29, 1.82) is 0 Å². The summed E-state index contributed by atoms with van der Waals surface area (Å²) < 4.78 is 10.0. The summed E-state index contributed by atoms with van der Waals surface area (Å²) in [6, 6.07) is 3.97. The maximum absolute atomic E-state index is 11.9. The number of carbonyl (C=O) groups is 2. The van der Waals surface area contributed by atoms with Crippen LogP contribution in [0.3, 0.4) is 0 Å². The van der Waals surface area contributed by atoms with Gasteiger partial charge in [-0.3, -0.25) is 4.79 Å². The van der Waals surface area contributed by atoms with Gasteiger partial charge in [-0.25, -0.2) is 4.79 Å². The van der Waals surface area contributed by atoms with Crippen molar-refractivity contribution in [3.63, 3.8) is 0 Å². The predicted molar refractivity (Wildman–Crippen MR) is 103 cm³/mol. The van der Waals surface area contributed by atoms with Gasteiger partial charge in [0.15, 0.2) is 0 Å². The smallest absolute Gasteiger partial charge is 0.328 e. The summed E-state index contributed by atoms with van der Waals surface area (Å²) in [5.74, 6) is -1.22. The fourth-order valence-electron chi connectivity index (χ4n) is 2.31. The Kier molecular flexibility index (Phi) is 12.1. The minimum Gasteiger partial charge on any atom is -0.480 e. The lowest BCUT2D eigenvalue weighted by atomic mass is 9.99. The molecule has 0 aliphatic heterocycles. The normalized spacial score (nSPS) is 11.2. The molecular formula is C19H32N2O5. The number of aryl methyl sites for hydroxylation is 3. The maximum Gasteiger partial charge on any atom is 0.328 e. The molecule has 0 radical (unpaired) electrons. The minimum atomic E-state index is -0.968. The average molecular weight is 368 g/mol. The third-order valence-electron chi connectivity index (χ3n) is 3.63. The molecule has 0 unspecified atom stereocenters. The van der Waals surface area contributed by atoms with Crippen molar-refractivity contribution in [3.8, 4) is 0 Å². The van der Waals surface area contributed by atoms with Crippen LogP contribution < -0.4 is 11.1 Å². The summed E-state index contributed by atoms with van der Waals surface area (Å²) in [5.41, 5.74) is 9.38. The lowest BCUT2D eigenvalue weighted by Gasteiger charge is -2.20. The van der Waals surface area contributed by atoms with Gasteiger partial charge in [0.1, 0.15) is 12.6 Å². The van der Waals surface area contributed by atoms with Crippen LogP contribution >= 0.6 is 0 Å². The number of anilines is 1. The van der Waals surface area contributed by atoms with E-state index in [9.17, 15) is 9.59 Å². The number of nitrogens with two attached hydrogens (primary N) is 1. The van der Waals surface area contributed by atoms with Gasteiger partial charge in [-0.2, -0.15) is 0 Å². The molecule has 1 aromatic rings. The van der Waals surface area contributed by atoms with Gasteiger partial charge in [-0.1, -0.05) is 31.5 Å². The van der Waals surface area contributed by atoms with Gasteiger partial charge in [-0.15, -0.1) is 0 Å². The summed E-state index contributed by atoms with van der Waals surface area (Å²) in [4.78, 5) is 21.2. The number of nitrogens with one attached hydrogen (secondary N) is 1. The number of rotatable bonds is 9. The van der Waals surface area contributed by atoms with E-state index in [4.69, 9.17) is 14.6 Å². The molecule has 1 atom stereocenters. The molecule has 0 aliphatic carbocycles. The van der Waals surface area contributed by atoms with Crippen LogP contribution in [-0.4, -0.2) is 50.0 Å². The standard InChI is InChI=1S/C17H27NO3.C2H5NO2/c1-6-14-10-12(3)11-15(7-2)16(14)18-13(4)17(19)21-9-8-20-5;3-1-2(4)5/h10-11,13,18H,6-9H2,1-5H3;1,3H2,(H,4,5)/t13-;/m0./s1. The highest BCUT2D eigenvalue weighted by atomic mass is 16.6. The average Bonchev–Trinajstić information content (AvgIpc) is 2.62. The topological polar surface area (TPSA) is 111 Å². The van der Waals surface area contributed by atoms with Gasteiger partial charge in [0.25, 0.3) is 0 Å². The molecule has 0 fully saturated rings. The fraction of sp³-hybridized carbons (Fsp3) is 0.579. The van der Waals surface area contributed by atoms with E-state index in [1.807, 2.05) is 6.92 Å². The van der Waals surface area contributed by atoms with Gasteiger partial charge in [0.05, 0.1) is 13.2 Å². The maximum atomic E-state index is 11.9. The molecule has 0 spiro atoms. The lowest BCUT2D eigenvalue weighted by Crippen LogP contribution is -2.30. The zero-order chi connectivity index (χ0) is 20.1. The summed E-state index contributed by atoms with van der Waals surface area (Å²) >= 11 is 0. The van der Waals surface area contributed by atoms with E-state index >= 15 is 0 Å². The van der Waals surface area contributed by atoms with E-state index in [2.05, 4.69) is 44.0 Å². The van der Waals surface area contributed by atoms with Crippen LogP contribution in [-0.2, 0) is 31.9 Å². The minimum absolute atomic E-state index is 0.253. The van der Waals surface area contributed by atoms with Crippen LogP contribution in [0.4, 0.5) is 5.69 Å². The van der Waals surface area contributed by atoms with Crippen molar-refractivity contribution >= 4 is 17.6 Å². The van der Waals surface area contributed by atoms with Gasteiger partial charge >= 0.3 is 11.9 Å². The molecule has 0 saturated heterocycles. The first-order valence-electron chi connectivity index (χ1n) is 8.76. The second-order valence-electron chi connectivity index (χ2n) is 5.79. The quantitative estimate of drug-likeness (QED) is 0.452. The van der Waals surface area contributed by atoms with Gasteiger partial charge in [0.2, 0.25) is 0 Å². The monoisotopic (exact) mass is 368 g/mol. The molecule has 0 amide bonds. The highest BCUT2D eigenvalue weighted by Crippen LogP contribution is 2.25. The Bertz CT molecular complexity index is 550. The highest BCUT2D eigenvalue weighted by Gasteiger charge is 2.17. The molecule has 1 rings (SSSR count). The molecule has 7 heteroatoms. The lowest BCUT2D eigenvalue weighted by molar-refractivity contribution is -0.145. The van der Waals surface area contributed by atoms with Crippen LogP contribution in [0.15, 0.2) is 12.1 Å². The zero-order valence-corrected chi connectivity index (χ0v) is 16.4. The van der Waals surface area contributed by atoms with E-state index < -0.39 is 5.97 Å². The Balaban J connectivity index is 0.00000110. The van der Waals surface area contributed by atoms with E-state index in [0.717, 1.165) is 18.5 Å². The zero-order valence-electron chi connectivity index (χ0n) is 16.4.